The van der Waals surface area contributed by atoms with Gasteiger partial charge in [0.2, 0.25) is 5.91 Å². The molecule has 94 valence electrons. The molecular formula is C11H17N3O3. The fraction of sp³-hybridized carbons (Fsp3) is 0.636. The molecule has 6 heteroatoms. The molecule has 0 aromatic heterocycles. The van der Waals surface area contributed by atoms with Gasteiger partial charge in [0.15, 0.2) is 0 Å². The Balaban J connectivity index is 1.96. The Kier molecular flexibility index (Phi) is 2.82. The van der Waals surface area contributed by atoms with Crippen LogP contribution in [0.5, 0.6) is 0 Å². The molecule has 0 radical (unpaired) electrons. The number of hydrazine groups is 1. The lowest BCUT2D eigenvalue weighted by atomic mass is 10.2. The third kappa shape index (κ3) is 2.58. The predicted molar refractivity (Wildman–Crippen MR) is 60.5 cm³/mol. The topological polar surface area (TPSA) is 61.9 Å². The molecule has 0 saturated carbocycles. The van der Waals surface area contributed by atoms with E-state index in [0.717, 1.165) is 0 Å². The zero-order valence-corrected chi connectivity index (χ0v) is 10.3. The second kappa shape index (κ2) is 4.03. The fourth-order valence-electron chi connectivity index (χ4n) is 1.84. The van der Waals surface area contributed by atoms with Gasteiger partial charge in [0.25, 0.3) is 0 Å². The van der Waals surface area contributed by atoms with Gasteiger partial charge in [-0.1, -0.05) is 0 Å². The molecule has 1 fully saturated rings. The maximum atomic E-state index is 11.6. The van der Waals surface area contributed by atoms with Crippen molar-refractivity contribution in [2.75, 3.05) is 13.1 Å². The monoisotopic (exact) mass is 239 g/mol. The van der Waals surface area contributed by atoms with Crippen LogP contribution >= 0.6 is 0 Å². The molecule has 0 aromatic carbocycles. The lowest BCUT2D eigenvalue weighted by Crippen LogP contribution is -2.41. The Morgan fingerprint density at radius 2 is 2.18 bits per heavy atom. The number of hydrogen-bond donors (Lipinski definition) is 1. The third-order valence-electron chi connectivity index (χ3n) is 2.46. The lowest BCUT2D eigenvalue weighted by Gasteiger charge is -2.24. The number of carbonyl (C=O) groups excluding carboxylic acids is 2. The van der Waals surface area contributed by atoms with E-state index < -0.39 is 11.7 Å². The standard InChI is InChI=1S/C11H17N3O3/c1-11(2,3)17-10(16)12-8-4-6-13-7-5-9(15)14(8)13/h4H,5-7H2,1-3H3,(H,12,16). The molecule has 1 saturated heterocycles. The maximum Gasteiger partial charge on any atom is 0.413 e. The van der Waals surface area contributed by atoms with Crippen molar-refractivity contribution in [1.29, 1.82) is 0 Å². The van der Waals surface area contributed by atoms with E-state index in [-0.39, 0.29) is 5.91 Å². The van der Waals surface area contributed by atoms with Gasteiger partial charge in [-0.25, -0.2) is 14.8 Å². The first-order valence-corrected chi connectivity index (χ1v) is 5.65. The summed E-state index contributed by atoms with van der Waals surface area (Å²) in [4.78, 5) is 23.2. The Bertz CT molecular complexity index is 384. The molecule has 0 aliphatic carbocycles. The Hall–Kier alpha value is -1.56. The van der Waals surface area contributed by atoms with E-state index >= 15 is 0 Å². The van der Waals surface area contributed by atoms with Crippen molar-refractivity contribution in [2.45, 2.75) is 32.8 Å². The van der Waals surface area contributed by atoms with Crippen molar-refractivity contribution < 1.29 is 14.3 Å². The zero-order valence-electron chi connectivity index (χ0n) is 10.3. The molecule has 6 nitrogen and oxygen atoms in total. The number of carbonyl (C=O) groups is 2. The molecule has 0 bridgehead atoms. The van der Waals surface area contributed by atoms with Crippen molar-refractivity contribution >= 4 is 12.0 Å². The molecule has 17 heavy (non-hydrogen) atoms. The van der Waals surface area contributed by atoms with E-state index in [1.54, 1.807) is 26.8 Å². The van der Waals surface area contributed by atoms with Crippen molar-refractivity contribution in [3.8, 4) is 0 Å². The van der Waals surface area contributed by atoms with E-state index in [1.807, 2.05) is 5.01 Å². The summed E-state index contributed by atoms with van der Waals surface area (Å²) < 4.78 is 5.14. The van der Waals surface area contributed by atoms with Crippen molar-refractivity contribution in [2.24, 2.45) is 0 Å². The van der Waals surface area contributed by atoms with Crippen molar-refractivity contribution in [1.82, 2.24) is 15.3 Å². The normalized spacial score (nSPS) is 20.3. The minimum Gasteiger partial charge on any atom is -0.444 e. The molecule has 0 aromatic rings. The second-order valence-electron chi connectivity index (χ2n) is 5.08. The van der Waals surface area contributed by atoms with E-state index in [9.17, 15) is 9.59 Å². The first-order chi connectivity index (χ1) is 7.87. The van der Waals surface area contributed by atoms with Crippen LogP contribution in [0.25, 0.3) is 0 Å². The summed E-state index contributed by atoms with van der Waals surface area (Å²) in [5.74, 6) is 0.506. The fourth-order valence-corrected chi connectivity index (χ4v) is 1.84. The largest absolute Gasteiger partial charge is 0.444 e. The summed E-state index contributed by atoms with van der Waals surface area (Å²) in [7, 11) is 0. The number of alkyl carbamates (subject to hydrolysis) is 1. The lowest BCUT2D eigenvalue weighted by molar-refractivity contribution is -0.132. The Morgan fingerprint density at radius 3 is 2.82 bits per heavy atom. The van der Waals surface area contributed by atoms with Crippen LogP contribution in [0.1, 0.15) is 27.2 Å². The first-order valence-electron chi connectivity index (χ1n) is 5.65. The van der Waals surface area contributed by atoms with Gasteiger partial charge in [-0.2, -0.15) is 0 Å². The second-order valence-corrected chi connectivity index (χ2v) is 5.08. The Labute approximate surface area is 100 Å². The van der Waals surface area contributed by atoms with Crippen molar-refractivity contribution in [3.63, 3.8) is 0 Å². The third-order valence-corrected chi connectivity index (χ3v) is 2.46. The first kappa shape index (κ1) is 11.9. The minimum absolute atomic E-state index is 0.00445. The van der Waals surface area contributed by atoms with Gasteiger partial charge in [-0.15, -0.1) is 0 Å². The number of rotatable bonds is 1. The number of fused-ring (bicyclic) bond motifs is 1. The molecule has 2 aliphatic heterocycles. The average Bonchev–Trinajstić information content (AvgIpc) is 2.68. The highest BCUT2D eigenvalue weighted by Crippen LogP contribution is 2.22. The summed E-state index contributed by atoms with van der Waals surface area (Å²) in [5.41, 5.74) is -0.544. The number of nitrogens with one attached hydrogen (secondary N) is 1. The molecule has 2 aliphatic rings. The van der Waals surface area contributed by atoms with Gasteiger partial charge in [-0.3, -0.25) is 10.1 Å². The molecule has 2 heterocycles. The molecule has 2 amide bonds. The summed E-state index contributed by atoms with van der Waals surface area (Å²) in [6.45, 7) is 6.74. The maximum absolute atomic E-state index is 11.6. The van der Waals surface area contributed by atoms with Gasteiger partial charge >= 0.3 is 6.09 Å². The van der Waals surface area contributed by atoms with Gasteiger partial charge in [0.05, 0.1) is 0 Å². The molecule has 1 N–H and O–H groups in total. The molecular weight excluding hydrogens is 222 g/mol. The van der Waals surface area contributed by atoms with Crippen molar-refractivity contribution in [3.05, 3.63) is 11.9 Å². The molecule has 0 spiro atoms. The van der Waals surface area contributed by atoms with E-state index in [4.69, 9.17) is 4.74 Å². The summed E-state index contributed by atoms with van der Waals surface area (Å²) in [6.07, 6.45) is 1.76. The van der Waals surface area contributed by atoms with E-state index in [2.05, 4.69) is 5.32 Å². The predicted octanol–water partition coefficient (Wildman–Crippen LogP) is 0.815. The Morgan fingerprint density at radius 1 is 1.47 bits per heavy atom. The van der Waals surface area contributed by atoms with E-state index in [0.29, 0.717) is 25.3 Å². The van der Waals surface area contributed by atoms with Crippen LogP contribution in [0.2, 0.25) is 0 Å². The number of ether oxygens (including phenoxy) is 1. The quantitative estimate of drug-likeness (QED) is 0.735. The van der Waals surface area contributed by atoms with Crippen LogP contribution in [0.3, 0.4) is 0 Å². The zero-order chi connectivity index (χ0) is 12.6. The number of amides is 2. The van der Waals surface area contributed by atoms with Crippen LogP contribution < -0.4 is 5.32 Å². The van der Waals surface area contributed by atoms with Crippen LogP contribution in [-0.2, 0) is 9.53 Å². The van der Waals surface area contributed by atoms with Crippen LogP contribution in [0.15, 0.2) is 11.9 Å². The van der Waals surface area contributed by atoms with Crippen LogP contribution in [-0.4, -0.2) is 40.7 Å². The molecule has 2 rings (SSSR count). The van der Waals surface area contributed by atoms with Crippen LogP contribution in [0, 0.1) is 0 Å². The smallest absolute Gasteiger partial charge is 0.413 e. The highest BCUT2D eigenvalue weighted by Gasteiger charge is 2.36. The van der Waals surface area contributed by atoms with E-state index in [1.165, 1.54) is 5.01 Å². The highest BCUT2D eigenvalue weighted by molar-refractivity contribution is 5.81. The summed E-state index contributed by atoms with van der Waals surface area (Å²) in [5, 5.41) is 5.99. The number of hydrogen-bond acceptors (Lipinski definition) is 4. The SMILES string of the molecule is CC(C)(C)OC(=O)NC1=CCN2CCC(=O)N12. The number of nitrogens with zero attached hydrogens (tertiary/aromatic N) is 2. The highest BCUT2D eigenvalue weighted by atomic mass is 16.6. The average molecular weight is 239 g/mol. The van der Waals surface area contributed by atoms with Gasteiger partial charge in [0, 0.05) is 19.5 Å². The summed E-state index contributed by atoms with van der Waals surface area (Å²) in [6, 6.07) is 0. The van der Waals surface area contributed by atoms with Gasteiger partial charge < -0.3 is 4.74 Å². The van der Waals surface area contributed by atoms with Gasteiger partial charge in [0.1, 0.15) is 11.4 Å². The molecule has 0 unspecified atom stereocenters. The minimum atomic E-state index is -0.544. The van der Waals surface area contributed by atoms with Crippen LogP contribution in [0.4, 0.5) is 4.79 Å². The van der Waals surface area contributed by atoms with Gasteiger partial charge in [-0.05, 0) is 26.8 Å². The molecule has 0 atom stereocenters. The summed E-state index contributed by atoms with van der Waals surface area (Å²) >= 11 is 0.